The zero-order chi connectivity index (χ0) is 17.3. The smallest absolute Gasteiger partial charge is 0.288 e. The van der Waals surface area contributed by atoms with Gasteiger partial charge in [-0.2, -0.15) is 8.78 Å². The molecule has 0 saturated heterocycles. The van der Waals surface area contributed by atoms with E-state index in [1.54, 1.807) is 36.4 Å². The predicted octanol–water partition coefficient (Wildman–Crippen LogP) is 6.04. The Labute approximate surface area is 150 Å². The molecule has 124 valence electrons. The van der Waals surface area contributed by atoms with Crippen molar-refractivity contribution in [2.75, 3.05) is 5.32 Å². The van der Waals surface area contributed by atoms with Crippen LogP contribution in [0.2, 0.25) is 10.0 Å². The lowest BCUT2D eigenvalue weighted by atomic mass is 10.2. The summed E-state index contributed by atoms with van der Waals surface area (Å²) in [6.45, 7) is 0. The number of thioether (sulfide) groups is 1. The van der Waals surface area contributed by atoms with Gasteiger partial charge < -0.3 is 10.3 Å². The van der Waals surface area contributed by atoms with Crippen LogP contribution in [0.1, 0.15) is 10.5 Å². The van der Waals surface area contributed by atoms with Crippen LogP contribution in [0.4, 0.5) is 14.5 Å². The van der Waals surface area contributed by atoms with E-state index in [9.17, 15) is 13.6 Å². The molecule has 0 aliphatic rings. The minimum atomic E-state index is -2.58. The molecule has 8 heteroatoms. The third kappa shape index (κ3) is 3.50. The molecule has 0 radical (unpaired) electrons. The minimum Gasteiger partial charge on any atom is -0.349 e. The second-order valence-corrected chi connectivity index (χ2v) is 6.68. The third-order valence-corrected chi connectivity index (χ3v) is 4.69. The van der Waals surface area contributed by atoms with Crippen LogP contribution in [-0.2, 0) is 0 Å². The second kappa shape index (κ2) is 7.01. The Morgan fingerprint density at radius 2 is 1.92 bits per heavy atom. The number of aromatic amines is 1. The van der Waals surface area contributed by atoms with Crippen molar-refractivity contribution >= 4 is 57.5 Å². The van der Waals surface area contributed by atoms with Crippen molar-refractivity contribution in [1.82, 2.24) is 4.98 Å². The molecule has 3 rings (SSSR count). The molecule has 24 heavy (non-hydrogen) atoms. The van der Waals surface area contributed by atoms with Gasteiger partial charge in [-0.1, -0.05) is 47.1 Å². The first-order valence-corrected chi connectivity index (χ1v) is 8.41. The molecule has 2 N–H and O–H groups in total. The summed E-state index contributed by atoms with van der Waals surface area (Å²) >= 11 is 12.5. The molecular weight excluding hydrogens is 377 g/mol. The van der Waals surface area contributed by atoms with E-state index < -0.39 is 11.7 Å². The number of amides is 1. The van der Waals surface area contributed by atoms with Crippen molar-refractivity contribution in [1.29, 1.82) is 0 Å². The van der Waals surface area contributed by atoms with Gasteiger partial charge in [-0.3, -0.25) is 4.79 Å². The Balaban J connectivity index is 1.92. The maximum atomic E-state index is 12.6. The van der Waals surface area contributed by atoms with Crippen LogP contribution >= 0.6 is 35.0 Å². The van der Waals surface area contributed by atoms with Gasteiger partial charge in [-0.05, 0) is 30.3 Å². The lowest BCUT2D eigenvalue weighted by molar-refractivity contribution is 0.102. The van der Waals surface area contributed by atoms with Crippen molar-refractivity contribution < 1.29 is 13.6 Å². The average Bonchev–Trinajstić information content (AvgIpc) is 2.85. The summed E-state index contributed by atoms with van der Waals surface area (Å²) in [5.41, 5.74) is 1.09. The maximum absolute atomic E-state index is 12.6. The number of anilines is 1. The average molecular weight is 387 g/mol. The Morgan fingerprint density at radius 1 is 1.17 bits per heavy atom. The first-order chi connectivity index (χ1) is 11.5. The summed E-state index contributed by atoms with van der Waals surface area (Å²) in [6.07, 6.45) is 0. The Morgan fingerprint density at radius 3 is 2.67 bits per heavy atom. The number of rotatable bonds is 4. The Bertz CT molecular complexity index is 914. The molecule has 0 aliphatic carbocycles. The van der Waals surface area contributed by atoms with Gasteiger partial charge >= 0.3 is 0 Å². The molecule has 3 nitrogen and oxygen atoms in total. The van der Waals surface area contributed by atoms with E-state index in [1.807, 2.05) is 0 Å². The Hall–Kier alpha value is -1.76. The van der Waals surface area contributed by atoms with Gasteiger partial charge in [0, 0.05) is 20.8 Å². The van der Waals surface area contributed by atoms with Crippen molar-refractivity contribution in [3.63, 3.8) is 0 Å². The van der Waals surface area contributed by atoms with Gasteiger partial charge in [0.15, 0.2) is 0 Å². The molecular formula is C16H10Cl2F2N2OS. The number of carbonyl (C=O) groups excluding carboxylic acids is 1. The van der Waals surface area contributed by atoms with Crippen LogP contribution < -0.4 is 5.32 Å². The summed E-state index contributed by atoms with van der Waals surface area (Å²) < 4.78 is 25.2. The molecule has 1 heterocycles. The molecule has 1 aromatic heterocycles. The first kappa shape index (κ1) is 17.1. The number of halogens is 4. The van der Waals surface area contributed by atoms with E-state index in [0.717, 1.165) is 0 Å². The van der Waals surface area contributed by atoms with Crippen molar-refractivity contribution in [3.05, 3.63) is 58.2 Å². The van der Waals surface area contributed by atoms with E-state index in [0.29, 0.717) is 33.4 Å². The van der Waals surface area contributed by atoms with Gasteiger partial charge in [0.2, 0.25) is 0 Å². The van der Waals surface area contributed by atoms with Crippen LogP contribution in [-0.4, -0.2) is 16.6 Å². The molecule has 0 atom stereocenters. The second-order valence-electron chi connectivity index (χ2n) is 4.83. The summed E-state index contributed by atoms with van der Waals surface area (Å²) in [4.78, 5) is 15.7. The highest BCUT2D eigenvalue weighted by atomic mass is 35.5. The topological polar surface area (TPSA) is 44.9 Å². The van der Waals surface area contributed by atoms with E-state index in [2.05, 4.69) is 10.3 Å². The lowest BCUT2D eigenvalue weighted by Gasteiger charge is -2.09. The zero-order valence-electron chi connectivity index (χ0n) is 11.9. The molecule has 0 aliphatic heterocycles. The molecule has 2 aromatic carbocycles. The normalized spacial score (nSPS) is 11.2. The first-order valence-electron chi connectivity index (χ1n) is 6.77. The van der Waals surface area contributed by atoms with Crippen LogP contribution in [0.3, 0.4) is 0 Å². The number of nitrogens with one attached hydrogen (secondary N) is 2. The van der Waals surface area contributed by atoms with Gasteiger partial charge in [0.25, 0.3) is 11.7 Å². The number of H-pyrrole nitrogens is 1. The quantitative estimate of drug-likeness (QED) is 0.536. The van der Waals surface area contributed by atoms with Crippen molar-refractivity contribution in [3.8, 4) is 0 Å². The SMILES string of the molecule is O=C(Nc1ccccc1SC(F)F)c1[nH]c2ccc(Cl)cc2c1Cl. The molecule has 0 saturated carbocycles. The largest absolute Gasteiger partial charge is 0.349 e. The number of aromatic nitrogens is 1. The highest BCUT2D eigenvalue weighted by molar-refractivity contribution is 7.99. The van der Waals surface area contributed by atoms with Gasteiger partial charge in [0.05, 0.1) is 10.7 Å². The van der Waals surface area contributed by atoms with E-state index in [4.69, 9.17) is 23.2 Å². The fraction of sp³-hybridized carbons (Fsp3) is 0.0625. The molecule has 0 bridgehead atoms. The van der Waals surface area contributed by atoms with Crippen LogP contribution in [0, 0.1) is 0 Å². The molecule has 0 spiro atoms. The minimum absolute atomic E-state index is 0.144. The van der Waals surface area contributed by atoms with Gasteiger partial charge in [0.1, 0.15) is 5.69 Å². The number of benzene rings is 2. The summed E-state index contributed by atoms with van der Waals surface area (Å²) in [6, 6.07) is 11.4. The van der Waals surface area contributed by atoms with Crippen molar-refractivity contribution in [2.24, 2.45) is 0 Å². The fourth-order valence-corrected chi connectivity index (χ4v) is 3.30. The lowest BCUT2D eigenvalue weighted by Crippen LogP contribution is -2.13. The predicted molar refractivity (Wildman–Crippen MR) is 94.6 cm³/mol. The highest BCUT2D eigenvalue weighted by Crippen LogP contribution is 2.33. The number of hydrogen-bond acceptors (Lipinski definition) is 2. The molecule has 1 amide bonds. The van der Waals surface area contributed by atoms with E-state index in [1.165, 1.54) is 6.07 Å². The standard InChI is InChI=1S/C16H10Cl2F2N2OS/c17-8-5-6-10-9(7-8)13(18)14(21-10)15(23)22-11-3-1-2-4-12(11)24-16(19)20/h1-7,16,21H,(H,22,23). The molecule has 0 fully saturated rings. The van der Waals surface area contributed by atoms with Crippen LogP contribution in [0.25, 0.3) is 10.9 Å². The van der Waals surface area contributed by atoms with E-state index in [-0.39, 0.29) is 15.6 Å². The fourth-order valence-electron chi connectivity index (χ4n) is 2.24. The molecule has 3 aromatic rings. The van der Waals surface area contributed by atoms with Gasteiger partial charge in [-0.25, -0.2) is 0 Å². The number of fused-ring (bicyclic) bond motifs is 1. The molecule has 0 unspecified atom stereocenters. The highest BCUT2D eigenvalue weighted by Gasteiger charge is 2.18. The number of hydrogen-bond donors (Lipinski definition) is 2. The monoisotopic (exact) mass is 386 g/mol. The van der Waals surface area contributed by atoms with Crippen LogP contribution in [0.5, 0.6) is 0 Å². The maximum Gasteiger partial charge on any atom is 0.288 e. The number of para-hydroxylation sites is 1. The Kier molecular flexibility index (Phi) is 4.99. The summed E-state index contributed by atoms with van der Waals surface area (Å²) in [5.74, 6) is -3.10. The van der Waals surface area contributed by atoms with Crippen molar-refractivity contribution in [2.45, 2.75) is 10.7 Å². The van der Waals surface area contributed by atoms with Gasteiger partial charge in [-0.15, -0.1) is 0 Å². The zero-order valence-corrected chi connectivity index (χ0v) is 14.3. The summed E-state index contributed by atoms with van der Waals surface area (Å²) in [7, 11) is 0. The van der Waals surface area contributed by atoms with E-state index >= 15 is 0 Å². The number of alkyl halides is 2. The summed E-state index contributed by atoms with van der Waals surface area (Å²) in [5, 5.41) is 3.94. The number of carbonyl (C=O) groups is 1. The third-order valence-electron chi connectivity index (χ3n) is 3.28. The van der Waals surface area contributed by atoms with Crippen LogP contribution in [0.15, 0.2) is 47.4 Å².